The summed E-state index contributed by atoms with van der Waals surface area (Å²) in [5.41, 5.74) is 1.83. The molecule has 0 unspecified atom stereocenters. The van der Waals surface area contributed by atoms with Crippen LogP contribution in [0.2, 0.25) is 0 Å². The molecule has 3 rings (SSSR count). The van der Waals surface area contributed by atoms with Crippen LogP contribution >= 0.6 is 0 Å². The van der Waals surface area contributed by atoms with Gasteiger partial charge >= 0.3 is 0 Å². The van der Waals surface area contributed by atoms with E-state index < -0.39 is 0 Å². The van der Waals surface area contributed by atoms with E-state index in [-0.39, 0.29) is 17.4 Å². The summed E-state index contributed by atoms with van der Waals surface area (Å²) in [6.07, 6.45) is 0. The lowest BCUT2D eigenvalue weighted by Crippen LogP contribution is -1.91. The minimum absolute atomic E-state index is 0.0131. The molecular weight excluding hydrogens is 280 g/mol. The van der Waals surface area contributed by atoms with Crippen molar-refractivity contribution in [3.05, 3.63) is 48.0 Å². The highest BCUT2D eigenvalue weighted by Gasteiger charge is 2.17. The van der Waals surface area contributed by atoms with E-state index >= 15 is 0 Å². The van der Waals surface area contributed by atoms with Gasteiger partial charge in [0.05, 0.1) is 0 Å². The highest BCUT2D eigenvalue weighted by molar-refractivity contribution is 5.65. The van der Waals surface area contributed by atoms with Crippen LogP contribution in [0.25, 0.3) is 22.8 Å². The molecule has 1 heterocycles. The Labute approximate surface area is 127 Å². The number of aromatic hydroxyl groups is 2. The number of benzene rings is 2. The number of hydrogen-bond acceptors (Lipinski definition) is 5. The zero-order valence-corrected chi connectivity index (χ0v) is 12.3. The average Bonchev–Trinajstić information content (AvgIpc) is 2.97. The normalized spacial score (nSPS) is 11.0. The number of aromatic nitrogens is 2. The van der Waals surface area contributed by atoms with E-state index in [9.17, 15) is 10.2 Å². The van der Waals surface area contributed by atoms with Crippen LogP contribution in [0.4, 0.5) is 0 Å². The van der Waals surface area contributed by atoms with Crippen LogP contribution in [0.5, 0.6) is 11.5 Å². The molecule has 0 atom stereocenters. The van der Waals surface area contributed by atoms with Crippen molar-refractivity contribution >= 4 is 0 Å². The molecule has 2 N–H and O–H groups in total. The maximum atomic E-state index is 10.1. The van der Waals surface area contributed by atoms with E-state index in [1.807, 2.05) is 44.2 Å². The molecule has 0 aliphatic rings. The van der Waals surface area contributed by atoms with Gasteiger partial charge in [-0.15, -0.1) is 0 Å². The van der Waals surface area contributed by atoms with Crippen LogP contribution < -0.4 is 0 Å². The van der Waals surface area contributed by atoms with E-state index in [1.54, 1.807) is 0 Å². The van der Waals surface area contributed by atoms with E-state index in [1.165, 1.54) is 12.1 Å². The molecule has 0 saturated carbocycles. The number of phenols is 2. The van der Waals surface area contributed by atoms with Crippen molar-refractivity contribution in [2.24, 2.45) is 0 Å². The van der Waals surface area contributed by atoms with Gasteiger partial charge in [-0.3, -0.25) is 0 Å². The van der Waals surface area contributed by atoms with Gasteiger partial charge in [0.15, 0.2) is 0 Å². The fourth-order valence-electron chi connectivity index (χ4n) is 2.38. The quantitative estimate of drug-likeness (QED) is 0.765. The van der Waals surface area contributed by atoms with Gasteiger partial charge in [-0.2, -0.15) is 4.98 Å². The highest BCUT2D eigenvalue weighted by atomic mass is 16.5. The van der Waals surface area contributed by atoms with Crippen molar-refractivity contribution < 1.29 is 14.7 Å². The van der Waals surface area contributed by atoms with E-state index in [4.69, 9.17) is 4.52 Å². The Morgan fingerprint density at radius 1 is 0.955 bits per heavy atom. The second-order valence-electron chi connectivity index (χ2n) is 5.37. The first-order chi connectivity index (χ1) is 10.6. The summed E-state index contributed by atoms with van der Waals surface area (Å²) >= 11 is 0. The Morgan fingerprint density at radius 2 is 1.59 bits per heavy atom. The number of hydrogen-bond donors (Lipinski definition) is 2. The van der Waals surface area contributed by atoms with Crippen LogP contribution in [0.15, 0.2) is 47.0 Å². The molecule has 0 amide bonds. The smallest absolute Gasteiger partial charge is 0.258 e. The van der Waals surface area contributed by atoms with Crippen molar-refractivity contribution in [3.63, 3.8) is 0 Å². The summed E-state index contributed by atoms with van der Waals surface area (Å²) in [5, 5.41) is 24.1. The average molecular weight is 296 g/mol. The first-order valence-electron chi connectivity index (χ1n) is 7.01. The Bertz CT molecular complexity index is 772. The first kappa shape index (κ1) is 14.1. The van der Waals surface area contributed by atoms with Gasteiger partial charge in [0.1, 0.15) is 11.5 Å². The van der Waals surface area contributed by atoms with Crippen molar-refractivity contribution in [1.29, 1.82) is 0 Å². The molecular formula is C17H16N2O3. The van der Waals surface area contributed by atoms with E-state index in [2.05, 4.69) is 10.1 Å². The van der Waals surface area contributed by atoms with Crippen LogP contribution in [-0.2, 0) is 0 Å². The molecule has 5 heteroatoms. The van der Waals surface area contributed by atoms with Gasteiger partial charge in [0.25, 0.3) is 5.89 Å². The predicted octanol–water partition coefficient (Wildman–Crippen LogP) is 3.94. The Hall–Kier alpha value is -2.82. The maximum Gasteiger partial charge on any atom is 0.258 e. The molecule has 0 saturated heterocycles. The lowest BCUT2D eigenvalue weighted by atomic mass is 9.99. The minimum atomic E-state index is 0.0131. The molecule has 112 valence electrons. The van der Waals surface area contributed by atoms with Gasteiger partial charge in [-0.1, -0.05) is 37.2 Å². The van der Waals surface area contributed by atoms with Gasteiger partial charge in [0.2, 0.25) is 5.82 Å². The predicted molar refractivity (Wildman–Crippen MR) is 82.6 cm³/mol. The van der Waals surface area contributed by atoms with Crippen LogP contribution in [0, 0.1) is 0 Å². The van der Waals surface area contributed by atoms with E-state index in [0.29, 0.717) is 22.8 Å². The zero-order valence-electron chi connectivity index (χ0n) is 12.3. The zero-order chi connectivity index (χ0) is 15.7. The Morgan fingerprint density at radius 3 is 2.18 bits per heavy atom. The number of phenolic OH excluding ortho intramolecular Hbond substituents is 2. The third kappa shape index (κ3) is 2.53. The summed E-state index contributed by atoms with van der Waals surface area (Å²) in [5.74, 6) is 0.772. The summed E-state index contributed by atoms with van der Waals surface area (Å²) < 4.78 is 5.24. The Balaban J connectivity index is 2.01. The number of nitrogens with zero attached hydrogens (tertiary/aromatic N) is 2. The maximum absolute atomic E-state index is 10.1. The molecule has 0 fully saturated rings. The second kappa shape index (κ2) is 5.52. The topological polar surface area (TPSA) is 79.4 Å². The van der Waals surface area contributed by atoms with Gasteiger partial charge in [-0.25, -0.2) is 0 Å². The molecule has 0 bridgehead atoms. The molecule has 0 spiro atoms. The number of rotatable bonds is 3. The van der Waals surface area contributed by atoms with Gasteiger partial charge in [0, 0.05) is 16.7 Å². The fraction of sp³-hybridized carbons (Fsp3) is 0.176. The third-order valence-electron chi connectivity index (χ3n) is 3.42. The van der Waals surface area contributed by atoms with Gasteiger partial charge < -0.3 is 14.7 Å². The summed E-state index contributed by atoms with van der Waals surface area (Å²) in [4.78, 5) is 4.31. The SMILES string of the molecule is CC(C)c1c(O)cc(-c2noc(-c3ccccc3)n2)cc1O. The lowest BCUT2D eigenvalue weighted by molar-refractivity contribution is 0.430. The molecule has 0 radical (unpaired) electrons. The van der Waals surface area contributed by atoms with E-state index in [0.717, 1.165) is 5.56 Å². The molecule has 1 aromatic heterocycles. The monoisotopic (exact) mass is 296 g/mol. The van der Waals surface area contributed by atoms with Crippen LogP contribution in [0.1, 0.15) is 25.3 Å². The second-order valence-corrected chi connectivity index (χ2v) is 5.37. The molecule has 0 aliphatic heterocycles. The van der Waals surface area contributed by atoms with Crippen LogP contribution in [0.3, 0.4) is 0 Å². The third-order valence-corrected chi connectivity index (χ3v) is 3.42. The summed E-state index contributed by atoms with van der Waals surface area (Å²) in [7, 11) is 0. The fourth-order valence-corrected chi connectivity index (χ4v) is 2.38. The Kier molecular flexibility index (Phi) is 3.55. The molecule has 22 heavy (non-hydrogen) atoms. The summed E-state index contributed by atoms with van der Waals surface area (Å²) in [6.45, 7) is 3.80. The van der Waals surface area contributed by atoms with Crippen molar-refractivity contribution in [2.75, 3.05) is 0 Å². The molecule has 0 aliphatic carbocycles. The lowest BCUT2D eigenvalue weighted by Gasteiger charge is -2.11. The van der Waals surface area contributed by atoms with Crippen LogP contribution in [-0.4, -0.2) is 20.4 Å². The first-order valence-corrected chi connectivity index (χ1v) is 7.01. The molecule has 2 aromatic carbocycles. The van der Waals surface area contributed by atoms with Crippen molar-refractivity contribution in [3.8, 4) is 34.3 Å². The summed E-state index contributed by atoms with van der Waals surface area (Å²) in [6, 6.07) is 12.5. The largest absolute Gasteiger partial charge is 0.507 e. The van der Waals surface area contributed by atoms with Crippen molar-refractivity contribution in [2.45, 2.75) is 19.8 Å². The molecule has 5 nitrogen and oxygen atoms in total. The van der Waals surface area contributed by atoms with Crippen molar-refractivity contribution in [1.82, 2.24) is 10.1 Å². The standard InChI is InChI=1S/C17H16N2O3/c1-10(2)15-13(20)8-12(9-14(15)21)16-18-17(22-19-16)11-6-4-3-5-7-11/h3-10,20-21H,1-2H3. The molecule has 3 aromatic rings. The van der Waals surface area contributed by atoms with Gasteiger partial charge in [-0.05, 0) is 30.2 Å². The minimum Gasteiger partial charge on any atom is -0.507 e. The highest BCUT2D eigenvalue weighted by Crippen LogP contribution is 2.37.